The summed E-state index contributed by atoms with van der Waals surface area (Å²) in [5, 5.41) is 4.81. The van der Waals surface area contributed by atoms with E-state index in [0.717, 1.165) is 42.9 Å². The number of anilines is 1. The molecule has 0 aliphatic carbocycles. The van der Waals surface area contributed by atoms with Crippen molar-refractivity contribution in [2.24, 2.45) is 0 Å². The number of aromatic nitrogens is 2. The Morgan fingerprint density at radius 3 is 2.07 bits per heavy atom. The maximum atomic E-state index is 14.1. The lowest BCUT2D eigenvalue weighted by molar-refractivity contribution is 0.0203. The zero-order chi connectivity index (χ0) is 30.2. The van der Waals surface area contributed by atoms with E-state index in [-0.39, 0.29) is 17.9 Å². The SMILES string of the molecule is Cc1ccc(-n2ncc(C(=O)N3CCN(c4cc(C)ccc4C)CC3)c2C2CCN(C(=O)OC(C)(C)C)CC2)c(C)c1. The van der Waals surface area contributed by atoms with E-state index in [1.807, 2.05) is 30.4 Å². The fourth-order valence-corrected chi connectivity index (χ4v) is 6.19. The van der Waals surface area contributed by atoms with Crippen LogP contribution in [0.2, 0.25) is 0 Å². The van der Waals surface area contributed by atoms with E-state index in [2.05, 4.69) is 69.0 Å². The molecule has 2 amide bonds. The first kappa shape index (κ1) is 29.7. The van der Waals surface area contributed by atoms with Crippen molar-refractivity contribution >= 4 is 17.7 Å². The first-order chi connectivity index (χ1) is 19.9. The monoisotopic (exact) mass is 571 g/mol. The van der Waals surface area contributed by atoms with Gasteiger partial charge < -0.3 is 19.4 Å². The summed E-state index contributed by atoms with van der Waals surface area (Å²) in [5.41, 5.74) is 8.15. The van der Waals surface area contributed by atoms with E-state index in [0.29, 0.717) is 31.7 Å². The van der Waals surface area contributed by atoms with Gasteiger partial charge in [0.25, 0.3) is 5.91 Å². The summed E-state index contributed by atoms with van der Waals surface area (Å²) < 4.78 is 7.60. The summed E-state index contributed by atoms with van der Waals surface area (Å²) >= 11 is 0. The van der Waals surface area contributed by atoms with Crippen LogP contribution in [0.15, 0.2) is 42.6 Å². The molecule has 2 aliphatic heterocycles. The molecule has 0 bridgehead atoms. The first-order valence-corrected chi connectivity index (χ1v) is 15.2. The third-order valence-electron chi connectivity index (χ3n) is 8.42. The molecule has 2 saturated heterocycles. The number of carbonyl (C=O) groups excluding carboxylic acids is 2. The zero-order valence-electron chi connectivity index (χ0n) is 26.2. The highest BCUT2D eigenvalue weighted by Gasteiger charge is 2.34. The van der Waals surface area contributed by atoms with Crippen LogP contribution in [0.5, 0.6) is 0 Å². The maximum absolute atomic E-state index is 14.1. The molecule has 0 saturated carbocycles. The molecule has 0 unspecified atom stereocenters. The quantitative estimate of drug-likeness (QED) is 0.374. The summed E-state index contributed by atoms with van der Waals surface area (Å²) in [7, 11) is 0. The van der Waals surface area contributed by atoms with Crippen LogP contribution in [-0.2, 0) is 4.74 Å². The van der Waals surface area contributed by atoms with Crippen LogP contribution >= 0.6 is 0 Å². The Balaban J connectivity index is 1.39. The molecule has 1 aromatic heterocycles. The summed E-state index contributed by atoms with van der Waals surface area (Å²) in [6, 6.07) is 12.9. The molecule has 3 aromatic rings. The van der Waals surface area contributed by atoms with Gasteiger partial charge in [-0.1, -0.05) is 29.8 Å². The van der Waals surface area contributed by atoms with Gasteiger partial charge in [0, 0.05) is 50.9 Å². The molecule has 8 heteroatoms. The van der Waals surface area contributed by atoms with Crippen LogP contribution in [-0.4, -0.2) is 76.5 Å². The first-order valence-electron chi connectivity index (χ1n) is 15.2. The summed E-state index contributed by atoms with van der Waals surface area (Å²) in [4.78, 5) is 33.0. The van der Waals surface area contributed by atoms with Gasteiger partial charge in [-0.2, -0.15) is 5.10 Å². The number of aryl methyl sites for hydroxylation is 4. The highest BCUT2D eigenvalue weighted by molar-refractivity contribution is 5.95. The average molecular weight is 572 g/mol. The van der Waals surface area contributed by atoms with E-state index in [9.17, 15) is 9.59 Å². The van der Waals surface area contributed by atoms with Gasteiger partial charge in [-0.15, -0.1) is 0 Å². The van der Waals surface area contributed by atoms with E-state index < -0.39 is 5.60 Å². The lowest BCUT2D eigenvalue weighted by atomic mass is 9.90. The Bertz CT molecular complexity index is 1450. The Morgan fingerprint density at radius 1 is 0.786 bits per heavy atom. The van der Waals surface area contributed by atoms with Crippen molar-refractivity contribution in [3.63, 3.8) is 0 Å². The third kappa shape index (κ3) is 6.32. The van der Waals surface area contributed by atoms with Gasteiger partial charge >= 0.3 is 6.09 Å². The second kappa shape index (κ2) is 11.8. The number of rotatable bonds is 4. The number of hydrogen-bond donors (Lipinski definition) is 0. The van der Waals surface area contributed by atoms with Crippen LogP contribution in [0.1, 0.15) is 77.8 Å². The number of piperidine rings is 1. The lowest BCUT2D eigenvalue weighted by Gasteiger charge is -2.37. The van der Waals surface area contributed by atoms with Gasteiger partial charge in [0.15, 0.2) is 0 Å². The Hall–Kier alpha value is -3.81. The minimum absolute atomic E-state index is 0.0381. The van der Waals surface area contributed by atoms with Crippen LogP contribution in [0.4, 0.5) is 10.5 Å². The number of likely N-dealkylation sites (tertiary alicyclic amines) is 1. The molecule has 0 radical (unpaired) electrons. The summed E-state index contributed by atoms with van der Waals surface area (Å²) in [5.74, 6) is 0.137. The van der Waals surface area contributed by atoms with Gasteiger partial charge in [-0.3, -0.25) is 4.79 Å². The Kier molecular flexibility index (Phi) is 8.35. The minimum Gasteiger partial charge on any atom is -0.444 e. The number of benzene rings is 2. The number of carbonyl (C=O) groups is 2. The topological polar surface area (TPSA) is 70.9 Å². The highest BCUT2D eigenvalue weighted by atomic mass is 16.6. The van der Waals surface area contributed by atoms with E-state index >= 15 is 0 Å². The minimum atomic E-state index is -0.531. The molecule has 5 rings (SSSR count). The van der Waals surface area contributed by atoms with Crippen molar-refractivity contribution in [3.8, 4) is 5.69 Å². The molecular weight excluding hydrogens is 526 g/mol. The van der Waals surface area contributed by atoms with E-state index in [4.69, 9.17) is 9.84 Å². The number of nitrogens with zero attached hydrogens (tertiary/aromatic N) is 5. The van der Waals surface area contributed by atoms with Gasteiger partial charge in [0.05, 0.1) is 23.1 Å². The Labute approximate surface area is 250 Å². The highest BCUT2D eigenvalue weighted by Crippen LogP contribution is 2.34. The lowest BCUT2D eigenvalue weighted by Crippen LogP contribution is -2.49. The standard InChI is InChI=1S/C34H45N5O3/c1-23-9-11-29(26(4)20-23)39-31(27-12-14-38(15-13-27)33(41)42-34(5,6)7)28(22-35-39)32(40)37-18-16-36(17-19-37)30-21-24(2)8-10-25(30)3/h8-11,20-22,27H,12-19H2,1-7H3. The molecule has 42 heavy (non-hydrogen) atoms. The fraction of sp³-hybridized carbons (Fsp3) is 0.500. The second-order valence-corrected chi connectivity index (χ2v) is 13.0. The van der Waals surface area contributed by atoms with Crippen molar-refractivity contribution < 1.29 is 14.3 Å². The molecule has 3 heterocycles. The van der Waals surface area contributed by atoms with Gasteiger partial charge in [-0.25, -0.2) is 9.48 Å². The van der Waals surface area contributed by atoms with Gasteiger partial charge in [0.1, 0.15) is 5.60 Å². The van der Waals surface area contributed by atoms with E-state index in [1.54, 1.807) is 11.1 Å². The number of hydrogen-bond acceptors (Lipinski definition) is 5. The predicted molar refractivity (Wildman–Crippen MR) is 167 cm³/mol. The number of ether oxygens (including phenoxy) is 1. The molecule has 2 aromatic carbocycles. The zero-order valence-corrected chi connectivity index (χ0v) is 26.2. The van der Waals surface area contributed by atoms with Crippen molar-refractivity contribution in [1.82, 2.24) is 19.6 Å². The molecule has 2 aliphatic rings. The Morgan fingerprint density at radius 2 is 1.43 bits per heavy atom. The molecule has 8 nitrogen and oxygen atoms in total. The molecule has 0 spiro atoms. The molecule has 0 atom stereocenters. The summed E-state index contributed by atoms with van der Waals surface area (Å²) in [6.07, 6.45) is 2.98. The van der Waals surface area contributed by atoms with Crippen LogP contribution in [0, 0.1) is 27.7 Å². The van der Waals surface area contributed by atoms with Crippen LogP contribution in [0.25, 0.3) is 5.69 Å². The predicted octanol–water partition coefficient (Wildman–Crippen LogP) is 6.18. The number of amides is 2. The van der Waals surface area contributed by atoms with Gasteiger partial charge in [0.2, 0.25) is 0 Å². The van der Waals surface area contributed by atoms with Crippen molar-refractivity contribution in [3.05, 3.63) is 76.1 Å². The van der Waals surface area contributed by atoms with Crippen LogP contribution in [0.3, 0.4) is 0 Å². The average Bonchev–Trinajstić information content (AvgIpc) is 3.38. The fourth-order valence-electron chi connectivity index (χ4n) is 6.19. The van der Waals surface area contributed by atoms with Crippen molar-refractivity contribution in [2.75, 3.05) is 44.2 Å². The molecule has 224 valence electrons. The molecular formula is C34H45N5O3. The smallest absolute Gasteiger partial charge is 0.410 e. The van der Waals surface area contributed by atoms with Gasteiger partial charge in [-0.05, 0) is 90.1 Å². The summed E-state index contributed by atoms with van der Waals surface area (Å²) in [6.45, 7) is 18.2. The number of piperazine rings is 1. The second-order valence-electron chi connectivity index (χ2n) is 13.0. The normalized spacial score (nSPS) is 16.6. The van der Waals surface area contributed by atoms with Crippen LogP contribution < -0.4 is 4.90 Å². The van der Waals surface area contributed by atoms with Crippen molar-refractivity contribution in [1.29, 1.82) is 0 Å². The molecule has 0 N–H and O–H groups in total. The molecule has 2 fully saturated rings. The maximum Gasteiger partial charge on any atom is 0.410 e. The van der Waals surface area contributed by atoms with Crippen molar-refractivity contribution in [2.45, 2.75) is 72.8 Å². The van der Waals surface area contributed by atoms with E-state index in [1.165, 1.54) is 22.4 Å². The largest absolute Gasteiger partial charge is 0.444 e. The third-order valence-corrected chi connectivity index (χ3v) is 8.42.